The molecule has 0 unspecified atom stereocenters. The molecule has 1 N–H and O–H groups in total. The van der Waals surface area contributed by atoms with Crippen molar-refractivity contribution >= 4 is 39.3 Å². The first kappa shape index (κ1) is 21.4. The van der Waals surface area contributed by atoms with Crippen LogP contribution in [0.1, 0.15) is 31.2 Å². The Morgan fingerprint density at radius 3 is 2.48 bits per heavy atom. The molecule has 2 aromatic carbocycles. The molecule has 0 atom stereocenters. The molecule has 152 valence electrons. The molecule has 0 aliphatic carbocycles. The summed E-state index contributed by atoms with van der Waals surface area (Å²) in [6.45, 7) is 4.59. The summed E-state index contributed by atoms with van der Waals surface area (Å²) in [7, 11) is 1.87. The van der Waals surface area contributed by atoms with Gasteiger partial charge in [-0.25, -0.2) is 0 Å². The van der Waals surface area contributed by atoms with Crippen molar-refractivity contribution in [2.45, 2.75) is 31.5 Å². The first-order valence-corrected chi connectivity index (χ1v) is 11.0. The van der Waals surface area contributed by atoms with Crippen molar-refractivity contribution in [1.82, 2.24) is 14.8 Å². The molecule has 0 radical (unpaired) electrons. The summed E-state index contributed by atoms with van der Waals surface area (Å²) in [5.41, 5.74) is 2.04. The smallest absolute Gasteiger partial charge is 0.234 e. The van der Waals surface area contributed by atoms with Gasteiger partial charge < -0.3 is 14.6 Å². The number of aromatic nitrogens is 3. The van der Waals surface area contributed by atoms with Crippen LogP contribution in [0.2, 0.25) is 0 Å². The average molecular weight is 475 g/mol. The van der Waals surface area contributed by atoms with Gasteiger partial charge in [0.15, 0.2) is 11.0 Å². The fourth-order valence-corrected chi connectivity index (χ4v) is 3.55. The van der Waals surface area contributed by atoms with Crippen molar-refractivity contribution < 1.29 is 9.53 Å². The highest BCUT2D eigenvalue weighted by Gasteiger charge is 2.12. The summed E-state index contributed by atoms with van der Waals surface area (Å²) in [5, 5.41) is 11.9. The SMILES string of the molecule is CC(C)c1ccc(NC(=O)CSc2nnc(COc3ccc(Br)cc3)n2C)cc1. The third-order valence-electron chi connectivity index (χ3n) is 4.30. The normalized spacial score (nSPS) is 10.9. The van der Waals surface area contributed by atoms with Crippen LogP contribution in [0.25, 0.3) is 0 Å². The van der Waals surface area contributed by atoms with Gasteiger partial charge in [-0.15, -0.1) is 10.2 Å². The largest absolute Gasteiger partial charge is 0.486 e. The van der Waals surface area contributed by atoms with E-state index in [-0.39, 0.29) is 11.7 Å². The van der Waals surface area contributed by atoms with Crippen LogP contribution in [0, 0.1) is 0 Å². The molecule has 0 fully saturated rings. The molecule has 0 aliphatic rings. The van der Waals surface area contributed by atoms with Gasteiger partial charge in [0, 0.05) is 17.2 Å². The lowest BCUT2D eigenvalue weighted by molar-refractivity contribution is -0.113. The number of benzene rings is 2. The van der Waals surface area contributed by atoms with Gasteiger partial charge in [-0.05, 0) is 47.9 Å². The molecule has 8 heteroatoms. The minimum atomic E-state index is -0.0806. The van der Waals surface area contributed by atoms with E-state index < -0.39 is 0 Å². The summed E-state index contributed by atoms with van der Waals surface area (Å²) >= 11 is 4.74. The van der Waals surface area contributed by atoms with Gasteiger partial charge >= 0.3 is 0 Å². The van der Waals surface area contributed by atoms with Crippen molar-refractivity contribution in [3.05, 3.63) is 64.4 Å². The molecule has 1 heterocycles. The summed E-state index contributed by atoms with van der Waals surface area (Å²) in [6.07, 6.45) is 0. The molecule has 0 bridgehead atoms. The highest BCUT2D eigenvalue weighted by atomic mass is 79.9. The van der Waals surface area contributed by atoms with Crippen LogP contribution < -0.4 is 10.1 Å². The van der Waals surface area contributed by atoms with Crippen LogP contribution in [0.4, 0.5) is 5.69 Å². The Morgan fingerprint density at radius 1 is 1.14 bits per heavy atom. The van der Waals surface area contributed by atoms with Gasteiger partial charge in [-0.3, -0.25) is 4.79 Å². The topological polar surface area (TPSA) is 69.0 Å². The van der Waals surface area contributed by atoms with Crippen molar-refractivity contribution in [3.63, 3.8) is 0 Å². The predicted octanol–water partition coefficient (Wildman–Crippen LogP) is 5.01. The Kier molecular flexibility index (Phi) is 7.33. The third kappa shape index (κ3) is 6.08. The number of rotatable bonds is 8. The van der Waals surface area contributed by atoms with Crippen LogP contribution in [0.5, 0.6) is 5.75 Å². The van der Waals surface area contributed by atoms with E-state index >= 15 is 0 Å². The van der Waals surface area contributed by atoms with Gasteiger partial charge in [0.2, 0.25) is 5.91 Å². The number of hydrogen-bond donors (Lipinski definition) is 1. The Hall–Kier alpha value is -2.32. The molecule has 0 spiro atoms. The fourth-order valence-electron chi connectivity index (χ4n) is 2.55. The van der Waals surface area contributed by atoms with Crippen molar-refractivity contribution in [2.75, 3.05) is 11.1 Å². The lowest BCUT2D eigenvalue weighted by atomic mass is 10.0. The van der Waals surface area contributed by atoms with Crippen LogP contribution in [-0.2, 0) is 18.4 Å². The van der Waals surface area contributed by atoms with E-state index in [1.165, 1.54) is 17.3 Å². The minimum Gasteiger partial charge on any atom is -0.486 e. The number of thioether (sulfide) groups is 1. The molecule has 6 nitrogen and oxygen atoms in total. The van der Waals surface area contributed by atoms with Crippen LogP contribution in [-0.4, -0.2) is 26.4 Å². The molecule has 1 aromatic heterocycles. The van der Waals surface area contributed by atoms with Gasteiger partial charge in [0.1, 0.15) is 12.4 Å². The monoisotopic (exact) mass is 474 g/mol. The minimum absolute atomic E-state index is 0.0806. The Balaban J connectivity index is 1.50. The number of ether oxygens (including phenoxy) is 1. The van der Waals surface area contributed by atoms with Crippen molar-refractivity contribution in [1.29, 1.82) is 0 Å². The second-order valence-corrected chi connectivity index (χ2v) is 8.67. The standard InChI is InChI=1S/C21H23BrN4O2S/c1-14(2)15-4-8-17(9-5-15)23-20(27)13-29-21-25-24-19(26(21)3)12-28-18-10-6-16(22)7-11-18/h4-11,14H,12-13H2,1-3H3,(H,23,27). The van der Waals surface area contributed by atoms with E-state index in [4.69, 9.17) is 4.74 Å². The van der Waals surface area contributed by atoms with Gasteiger partial charge in [0.25, 0.3) is 0 Å². The number of amides is 1. The molecule has 3 rings (SSSR count). The Morgan fingerprint density at radius 2 is 1.83 bits per heavy atom. The number of halogens is 1. The molecular weight excluding hydrogens is 452 g/mol. The molecule has 3 aromatic rings. The quantitative estimate of drug-likeness (QED) is 0.464. The van der Waals surface area contributed by atoms with Crippen LogP contribution in [0.3, 0.4) is 0 Å². The number of nitrogens with zero attached hydrogens (tertiary/aromatic N) is 3. The maximum atomic E-state index is 12.2. The summed E-state index contributed by atoms with van der Waals surface area (Å²) in [5.74, 6) is 2.09. The fraction of sp³-hybridized carbons (Fsp3) is 0.286. The van der Waals surface area contributed by atoms with Crippen LogP contribution >= 0.6 is 27.7 Å². The molecular formula is C21H23BrN4O2S. The zero-order valence-corrected chi connectivity index (χ0v) is 19.0. The lowest BCUT2D eigenvalue weighted by Gasteiger charge is -2.08. The molecule has 1 amide bonds. The maximum Gasteiger partial charge on any atom is 0.234 e. The first-order valence-electron chi connectivity index (χ1n) is 9.21. The summed E-state index contributed by atoms with van der Waals surface area (Å²) < 4.78 is 8.58. The molecule has 0 saturated carbocycles. The second-order valence-electron chi connectivity index (χ2n) is 6.81. The number of anilines is 1. The van der Waals surface area contributed by atoms with Gasteiger partial charge in [-0.2, -0.15) is 0 Å². The van der Waals surface area contributed by atoms with Gasteiger partial charge in [-0.1, -0.05) is 53.7 Å². The molecule has 0 aliphatic heterocycles. The zero-order valence-electron chi connectivity index (χ0n) is 16.6. The Labute approximate surface area is 183 Å². The maximum absolute atomic E-state index is 12.2. The second kappa shape index (κ2) is 9.93. The number of hydrogen-bond acceptors (Lipinski definition) is 5. The average Bonchev–Trinajstić information content (AvgIpc) is 3.06. The summed E-state index contributed by atoms with van der Waals surface area (Å²) in [6, 6.07) is 15.5. The lowest BCUT2D eigenvalue weighted by Crippen LogP contribution is -2.14. The number of carbonyl (C=O) groups excluding carboxylic acids is 1. The van der Waals surface area contributed by atoms with E-state index in [9.17, 15) is 4.79 Å². The van der Waals surface area contributed by atoms with E-state index in [0.717, 1.165) is 15.9 Å². The zero-order chi connectivity index (χ0) is 20.8. The summed E-state index contributed by atoms with van der Waals surface area (Å²) in [4.78, 5) is 12.2. The van der Waals surface area contributed by atoms with E-state index in [0.29, 0.717) is 23.5 Å². The highest BCUT2D eigenvalue weighted by molar-refractivity contribution is 9.10. The van der Waals surface area contributed by atoms with E-state index in [1.54, 1.807) is 0 Å². The van der Waals surface area contributed by atoms with Crippen molar-refractivity contribution in [3.8, 4) is 5.75 Å². The van der Waals surface area contributed by atoms with E-state index in [2.05, 4.69) is 45.3 Å². The Bertz CT molecular complexity index is 956. The highest BCUT2D eigenvalue weighted by Crippen LogP contribution is 2.20. The molecule has 29 heavy (non-hydrogen) atoms. The van der Waals surface area contributed by atoms with Crippen LogP contribution in [0.15, 0.2) is 58.2 Å². The predicted molar refractivity (Wildman–Crippen MR) is 119 cm³/mol. The third-order valence-corrected chi connectivity index (χ3v) is 5.85. The van der Waals surface area contributed by atoms with Crippen molar-refractivity contribution in [2.24, 2.45) is 7.05 Å². The van der Waals surface area contributed by atoms with E-state index in [1.807, 2.05) is 60.1 Å². The number of carbonyl (C=O) groups is 1. The number of nitrogens with one attached hydrogen (secondary N) is 1. The van der Waals surface area contributed by atoms with Gasteiger partial charge in [0.05, 0.1) is 5.75 Å². The first-order chi connectivity index (χ1) is 13.9. The molecule has 0 saturated heterocycles.